The smallest absolute Gasteiger partial charge is 0.238 e. The van der Waals surface area contributed by atoms with E-state index in [1.807, 2.05) is 78.9 Å². The Kier molecular flexibility index (Phi) is 6.76. The summed E-state index contributed by atoms with van der Waals surface area (Å²) in [6, 6.07) is 57.5. The molecular formula is C46H27N5O. The van der Waals surface area contributed by atoms with Crippen LogP contribution in [0.2, 0.25) is 0 Å². The molecule has 10 aromatic rings. The van der Waals surface area contributed by atoms with Crippen LogP contribution in [0.5, 0.6) is 0 Å². The van der Waals surface area contributed by atoms with Crippen LogP contribution in [0, 0.1) is 11.3 Å². The van der Waals surface area contributed by atoms with E-state index in [-0.39, 0.29) is 0 Å². The highest BCUT2D eigenvalue weighted by atomic mass is 16.3. The van der Waals surface area contributed by atoms with Crippen molar-refractivity contribution in [1.82, 2.24) is 19.5 Å². The highest BCUT2D eigenvalue weighted by Crippen LogP contribution is 2.39. The van der Waals surface area contributed by atoms with Crippen LogP contribution in [-0.4, -0.2) is 19.5 Å². The van der Waals surface area contributed by atoms with E-state index in [1.165, 1.54) is 0 Å². The second-order valence-corrected chi connectivity index (χ2v) is 12.8. The van der Waals surface area contributed by atoms with Crippen LogP contribution in [0.25, 0.3) is 94.7 Å². The molecule has 3 heterocycles. The fourth-order valence-corrected chi connectivity index (χ4v) is 7.27. The minimum Gasteiger partial charge on any atom is -0.456 e. The number of nitriles is 1. The largest absolute Gasteiger partial charge is 0.456 e. The van der Waals surface area contributed by atoms with Crippen LogP contribution >= 0.6 is 0 Å². The Bertz CT molecular complexity index is 2970. The van der Waals surface area contributed by atoms with Gasteiger partial charge in [-0.15, -0.1) is 0 Å². The van der Waals surface area contributed by atoms with Gasteiger partial charge in [-0.2, -0.15) is 15.2 Å². The molecule has 0 aliphatic rings. The van der Waals surface area contributed by atoms with Gasteiger partial charge in [0.05, 0.1) is 22.7 Å². The fourth-order valence-electron chi connectivity index (χ4n) is 7.27. The molecule has 0 fully saturated rings. The first-order chi connectivity index (χ1) is 25.7. The molecule has 0 spiro atoms. The molecule has 10 rings (SSSR count). The SMILES string of the molecule is N#Cc1cccc(-c2cccc3oc4cc(-c5nc(-c6ccc(-c7ccccc7)cc6)nc(-n6c7ccccc7c7ccccc76)n5)ccc4c23)c1. The van der Waals surface area contributed by atoms with Gasteiger partial charge in [-0.1, -0.05) is 121 Å². The topological polar surface area (TPSA) is 80.5 Å². The lowest BCUT2D eigenvalue weighted by Crippen LogP contribution is -2.06. The van der Waals surface area contributed by atoms with Gasteiger partial charge in [0.15, 0.2) is 11.6 Å². The zero-order chi connectivity index (χ0) is 34.6. The van der Waals surface area contributed by atoms with E-state index in [2.05, 4.69) is 95.6 Å². The number of rotatable bonds is 5. The van der Waals surface area contributed by atoms with Gasteiger partial charge in [0.1, 0.15) is 11.2 Å². The van der Waals surface area contributed by atoms with Crippen molar-refractivity contribution in [2.45, 2.75) is 0 Å². The van der Waals surface area contributed by atoms with E-state index in [0.29, 0.717) is 23.2 Å². The second kappa shape index (κ2) is 11.9. The van der Waals surface area contributed by atoms with Crippen molar-refractivity contribution in [3.8, 4) is 57.0 Å². The molecule has 0 aliphatic heterocycles. The first kappa shape index (κ1) is 29.5. The number of nitrogens with zero attached hydrogens (tertiary/aromatic N) is 5. The average molecular weight is 666 g/mol. The van der Waals surface area contributed by atoms with Gasteiger partial charge in [-0.25, -0.2) is 4.98 Å². The average Bonchev–Trinajstić information content (AvgIpc) is 3.77. The Balaban J connectivity index is 1.17. The number of aromatic nitrogens is 4. The van der Waals surface area contributed by atoms with Crippen molar-refractivity contribution in [3.63, 3.8) is 0 Å². The zero-order valence-electron chi connectivity index (χ0n) is 27.7. The summed E-state index contributed by atoms with van der Waals surface area (Å²) in [6.07, 6.45) is 0. The van der Waals surface area contributed by atoms with Gasteiger partial charge >= 0.3 is 0 Å². The van der Waals surface area contributed by atoms with Crippen molar-refractivity contribution in [1.29, 1.82) is 5.26 Å². The highest BCUT2D eigenvalue weighted by Gasteiger charge is 2.19. The van der Waals surface area contributed by atoms with E-state index < -0.39 is 0 Å². The summed E-state index contributed by atoms with van der Waals surface area (Å²) < 4.78 is 8.60. The Labute approximate surface area is 298 Å². The number of hydrogen-bond donors (Lipinski definition) is 0. The lowest BCUT2D eigenvalue weighted by atomic mass is 9.98. The minimum atomic E-state index is 0.536. The molecule has 0 radical (unpaired) electrons. The molecule has 3 aromatic heterocycles. The molecule has 242 valence electrons. The van der Waals surface area contributed by atoms with Gasteiger partial charge in [-0.05, 0) is 64.7 Å². The maximum Gasteiger partial charge on any atom is 0.238 e. The van der Waals surface area contributed by atoms with Gasteiger partial charge in [0.2, 0.25) is 5.95 Å². The molecule has 0 atom stereocenters. The fraction of sp³-hybridized carbons (Fsp3) is 0. The quantitative estimate of drug-likeness (QED) is 0.183. The van der Waals surface area contributed by atoms with Crippen LogP contribution in [0.15, 0.2) is 168 Å². The van der Waals surface area contributed by atoms with Gasteiger partial charge in [-0.3, -0.25) is 4.57 Å². The lowest BCUT2D eigenvalue weighted by Gasteiger charge is -2.11. The monoisotopic (exact) mass is 665 g/mol. The molecule has 0 amide bonds. The van der Waals surface area contributed by atoms with E-state index in [9.17, 15) is 5.26 Å². The number of benzene rings is 7. The summed E-state index contributed by atoms with van der Waals surface area (Å²) in [5.74, 6) is 1.65. The summed E-state index contributed by atoms with van der Waals surface area (Å²) in [5, 5.41) is 13.8. The van der Waals surface area contributed by atoms with E-state index >= 15 is 0 Å². The van der Waals surface area contributed by atoms with Crippen LogP contribution in [0.3, 0.4) is 0 Å². The number of hydrogen-bond acceptors (Lipinski definition) is 5. The Morgan fingerprint density at radius 2 is 1.08 bits per heavy atom. The van der Waals surface area contributed by atoms with Gasteiger partial charge < -0.3 is 4.42 Å². The van der Waals surface area contributed by atoms with Crippen molar-refractivity contribution < 1.29 is 4.42 Å². The maximum absolute atomic E-state index is 9.54. The number of para-hydroxylation sites is 2. The highest BCUT2D eigenvalue weighted by molar-refractivity contribution is 6.13. The molecule has 6 nitrogen and oxygen atoms in total. The van der Waals surface area contributed by atoms with Crippen LogP contribution in [0.1, 0.15) is 5.56 Å². The summed E-state index contributed by atoms with van der Waals surface area (Å²) in [5.41, 5.74) is 10.1. The summed E-state index contributed by atoms with van der Waals surface area (Å²) in [7, 11) is 0. The Hall–Kier alpha value is -7.36. The van der Waals surface area contributed by atoms with E-state index in [4.69, 9.17) is 19.4 Å². The van der Waals surface area contributed by atoms with Crippen molar-refractivity contribution in [2.24, 2.45) is 0 Å². The maximum atomic E-state index is 9.54. The molecule has 0 bridgehead atoms. The normalized spacial score (nSPS) is 11.4. The van der Waals surface area contributed by atoms with Crippen LogP contribution in [-0.2, 0) is 0 Å². The van der Waals surface area contributed by atoms with Crippen molar-refractivity contribution >= 4 is 43.7 Å². The van der Waals surface area contributed by atoms with Crippen molar-refractivity contribution in [2.75, 3.05) is 0 Å². The number of furan rings is 1. The van der Waals surface area contributed by atoms with E-state index in [1.54, 1.807) is 0 Å². The third kappa shape index (κ3) is 4.84. The first-order valence-electron chi connectivity index (χ1n) is 17.1. The van der Waals surface area contributed by atoms with Crippen LogP contribution in [0.4, 0.5) is 0 Å². The molecular weight excluding hydrogens is 639 g/mol. The standard InChI is InChI=1S/C46H27N5O/c47-28-29-10-8-13-33(26-29)35-16-9-19-41-43(35)38-25-24-34(27-42(38)52-41)45-48-44(32-22-20-31(21-23-32)30-11-2-1-3-12-30)49-46(50-45)51-39-17-6-4-14-36(39)37-15-5-7-18-40(37)51/h1-27H. The Morgan fingerprint density at radius 1 is 0.462 bits per heavy atom. The minimum absolute atomic E-state index is 0.536. The molecule has 0 aliphatic carbocycles. The molecule has 0 N–H and O–H groups in total. The van der Waals surface area contributed by atoms with E-state index in [0.717, 1.165) is 77.1 Å². The van der Waals surface area contributed by atoms with Crippen LogP contribution < -0.4 is 0 Å². The zero-order valence-corrected chi connectivity index (χ0v) is 27.7. The molecule has 0 unspecified atom stereocenters. The number of fused-ring (bicyclic) bond motifs is 6. The summed E-state index contributed by atoms with van der Waals surface area (Å²) in [6.45, 7) is 0. The summed E-state index contributed by atoms with van der Waals surface area (Å²) >= 11 is 0. The molecule has 6 heteroatoms. The Morgan fingerprint density at radius 3 is 1.83 bits per heavy atom. The molecule has 52 heavy (non-hydrogen) atoms. The molecule has 7 aromatic carbocycles. The van der Waals surface area contributed by atoms with Gasteiger partial charge in [0.25, 0.3) is 0 Å². The molecule has 0 saturated heterocycles. The third-order valence-electron chi connectivity index (χ3n) is 9.71. The predicted octanol–water partition coefficient (Wildman–Crippen LogP) is 11.4. The first-order valence-corrected chi connectivity index (χ1v) is 17.1. The predicted molar refractivity (Wildman–Crippen MR) is 208 cm³/mol. The lowest BCUT2D eigenvalue weighted by molar-refractivity contribution is 0.669. The third-order valence-corrected chi connectivity index (χ3v) is 9.71. The summed E-state index contributed by atoms with van der Waals surface area (Å²) in [4.78, 5) is 15.4. The van der Waals surface area contributed by atoms with Gasteiger partial charge in [0, 0.05) is 32.7 Å². The second-order valence-electron chi connectivity index (χ2n) is 12.8. The molecule has 0 saturated carbocycles. The van der Waals surface area contributed by atoms with Crippen molar-refractivity contribution in [3.05, 3.63) is 169 Å².